The lowest BCUT2D eigenvalue weighted by molar-refractivity contribution is -0.161. The van der Waals surface area contributed by atoms with Crippen molar-refractivity contribution in [3.63, 3.8) is 0 Å². The Morgan fingerprint density at radius 1 is 0.238 bits per heavy atom. The lowest BCUT2D eigenvalue weighted by Crippen LogP contribution is -2.30. The number of phosphoric acid groups is 2. The van der Waals surface area contributed by atoms with Gasteiger partial charge in [-0.3, -0.25) is 37.3 Å². The quantitative estimate of drug-likeness (QED) is 0.0222. The predicted octanol–water partition coefficient (Wildman–Crippen LogP) is 25.9. The number of ether oxygens (including phenoxy) is 4. The molecular weight excluding hydrogens is 1370 g/mol. The van der Waals surface area contributed by atoms with Crippen molar-refractivity contribution >= 4 is 39.5 Å². The van der Waals surface area contributed by atoms with Gasteiger partial charge in [-0.25, -0.2) is 9.13 Å². The van der Waals surface area contributed by atoms with Crippen LogP contribution in [0.3, 0.4) is 0 Å². The van der Waals surface area contributed by atoms with Crippen molar-refractivity contribution in [1.82, 2.24) is 0 Å². The molecule has 0 saturated carbocycles. The first-order valence-corrected chi connectivity index (χ1v) is 47.2. The van der Waals surface area contributed by atoms with Gasteiger partial charge in [0.15, 0.2) is 12.2 Å². The Morgan fingerprint density at radius 2 is 0.400 bits per heavy atom. The summed E-state index contributed by atoms with van der Waals surface area (Å²) in [6.07, 6.45) is 64.0. The first-order chi connectivity index (χ1) is 50.6. The van der Waals surface area contributed by atoms with Gasteiger partial charge >= 0.3 is 39.5 Å². The van der Waals surface area contributed by atoms with Crippen LogP contribution >= 0.6 is 15.6 Å². The van der Waals surface area contributed by atoms with Gasteiger partial charge in [0.25, 0.3) is 0 Å². The number of aliphatic hydroxyl groups excluding tert-OH is 1. The Morgan fingerprint density at radius 3 is 0.590 bits per heavy atom. The summed E-state index contributed by atoms with van der Waals surface area (Å²) in [5.74, 6) is 1.01. The van der Waals surface area contributed by atoms with Gasteiger partial charge in [0.1, 0.15) is 19.3 Å². The molecule has 105 heavy (non-hydrogen) atoms. The van der Waals surface area contributed by atoms with E-state index in [4.69, 9.17) is 37.0 Å². The molecule has 0 aliphatic carbocycles. The van der Waals surface area contributed by atoms with Gasteiger partial charge in [0.2, 0.25) is 0 Å². The number of carbonyl (C=O) groups excluding carboxylic acids is 4. The molecule has 17 nitrogen and oxygen atoms in total. The lowest BCUT2D eigenvalue weighted by Gasteiger charge is -2.21. The summed E-state index contributed by atoms with van der Waals surface area (Å²) in [5, 5.41) is 10.7. The summed E-state index contributed by atoms with van der Waals surface area (Å²) in [4.78, 5) is 73.2. The third-order valence-corrected chi connectivity index (χ3v) is 22.0. The highest BCUT2D eigenvalue weighted by Gasteiger charge is 2.30. The lowest BCUT2D eigenvalue weighted by atomic mass is 10.0. The van der Waals surface area contributed by atoms with Crippen molar-refractivity contribution in [3.8, 4) is 0 Å². The van der Waals surface area contributed by atoms with Crippen molar-refractivity contribution in [2.45, 2.75) is 465 Å². The Labute approximate surface area is 645 Å². The number of aliphatic hydroxyl groups is 1. The van der Waals surface area contributed by atoms with Crippen molar-refractivity contribution in [1.29, 1.82) is 0 Å². The fourth-order valence-electron chi connectivity index (χ4n) is 13.3. The minimum atomic E-state index is -4.97. The normalized spacial score (nSPS) is 13.9. The minimum absolute atomic E-state index is 0.107. The molecule has 0 spiro atoms. The largest absolute Gasteiger partial charge is 0.472 e. The van der Waals surface area contributed by atoms with Crippen LogP contribution in [0.2, 0.25) is 0 Å². The second kappa shape index (κ2) is 74.8. The first-order valence-electron chi connectivity index (χ1n) is 44.2. The maximum atomic E-state index is 13.1. The van der Waals surface area contributed by atoms with Crippen molar-refractivity contribution in [2.24, 2.45) is 23.7 Å². The van der Waals surface area contributed by atoms with Crippen molar-refractivity contribution in [3.05, 3.63) is 0 Å². The molecule has 0 aliphatic rings. The van der Waals surface area contributed by atoms with Crippen LogP contribution in [0.1, 0.15) is 447 Å². The average molecular weight is 1540 g/mol. The van der Waals surface area contributed by atoms with E-state index in [0.29, 0.717) is 31.6 Å². The van der Waals surface area contributed by atoms with Gasteiger partial charge in [0, 0.05) is 25.7 Å². The van der Waals surface area contributed by atoms with Gasteiger partial charge in [-0.15, -0.1) is 0 Å². The summed E-state index contributed by atoms with van der Waals surface area (Å²) >= 11 is 0. The molecule has 5 atom stereocenters. The molecule has 0 radical (unpaired) electrons. The Hall–Kier alpha value is -1.94. The number of rotatable bonds is 83. The summed E-state index contributed by atoms with van der Waals surface area (Å²) in [6.45, 7) is 14.3. The zero-order valence-electron chi connectivity index (χ0n) is 69.4. The molecule has 3 unspecified atom stereocenters. The van der Waals surface area contributed by atoms with Crippen LogP contribution in [0, 0.1) is 23.7 Å². The fourth-order valence-corrected chi connectivity index (χ4v) is 14.9. The SMILES string of the molecule is CC(C)CCCCCCCCCCCCCCCCCCCCC(=O)O[C@H](COC(=O)CCCCCCCCCCCCCCC(C)C)COP(=O)(O)OCC(O)COP(=O)(O)OC[C@@H](COC(=O)CCCCCCCCCC(C)C)OC(=O)CCCCCCCCCCCCCCCCCCC(C)C. The smallest absolute Gasteiger partial charge is 0.462 e. The Kier molecular flexibility index (Phi) is 73.4. The van der Waals surface area contributed by atoms with E-state index in [2.05, 4.69) is 55.4 Å². The third-order valence-electron chi connectivity index (χ3n) is 20.1. The van der Waals surface area contributed by atoms with Crippen LogP contribution < -0.4 is 0 Å². The molecule has 0 heterocycles. The second-order valence-corrected chi connectivity index (χ2v) is 35.7. The number of unbranched alkanes of at least 4 members (excludes halogenated alkanes) is 49. The molecule has 0 aromatic rings. The van der Waals surface area contributed by atoms with Crippen LogP contribution in [0.4, 0.5) is 0 Å². The standard InChI is InChI=1S/C86H168O17P2/c1-76(2)62-54-46-38-31-25-19-15-11-9-10-12-17-21-29-35-43-52-60-68-85(90)102-81(72-96-83(88)66-58-50-42-34-28-24-23-27-33-40-48-56-64-78(5)6)74-100-104(92,93)98-70-80(87)71-99-105(94,95)101-75-82(73-97-84(89)67-59-51-45-37-41-49-57-65-79(7)8)103-86(91)69-61-53-44-36-30-22-18-14-13-16-20-26-32-39-47-55-63-77(3)4/h76-82,87H,9-75H2,1-8H3,(H,92,93)(H,94,95)/t80?,81-,82-/m1/s1. The molecule has 19 heteroatoms. The van der Waals surface area contributed by atoms with E-state index in [9.17, 15) is 43.2 Å². The summed E-state index contributed by atoms with van der Waals surface area (Å²) in [5.41, 5.74) is 0. The average Bonchev–Trinajstić information content (AvgIpc) is 0.907. The molecule has 0 rings (SSSR count). The minimum Gasteiger partial charge on any atom is -0.462 e. The first kappa shape index (κ1) is 103. The van der Waals surface area contributed by atoms with E-state index < -0.39 is 97.5 Å². The van der Waals surface area contributed by atoms with E-state index in [-0.39, 0.29) is 25.7 Å². The maximum absolute atomic E-state index is 13.1. The Balaban J connectivity index is 5.22. The topological polar surface area (TPSA) is 237 Å². The summed E-state index contributed by atoms with van der Waals surface area (Å²) in [6, 6.07) is 0. The van der Waals surface area contributed by atoms with Gasteiger partial charge in [-0.2, -0.15) is 0 Å². The zero-order valence-corrected chi connectivity index (χ0v) is 71.2. The highest BCUT2D eigenvalue weighted by atomic mass is 31.2. The van der Waals surface area contributed by atoms with E-state index in [1.165, 1.54) is 244 Å². The molecule has 0 amide bonds. The molecule has 0 aliphatic heterocycles. The highest BCUT2D eigenvalue weighted by molar-refractivity contribution is 7.47. The zero-order chi connectivity index (χ0) is 77.4. The van der Waals surface area contributed by atoms with Crippen LogP contribution in [-0.2, 0) is 65.4 Å². The monoisotopic (exact) mass is 1540 g/mol. The third kappa shape index (κ3) is 79.9. The van der Waals surface area contributed by atoms with Gasteiger partial charge < -0.3 is 33.8 Å². The molecule has 0 saturated heterocycles. The summed E-state index contributed by atoms with van der Waals surface area (Å²) < 4.78 is 68.9. The van der Waals surface area contributed by atoms with Gasteiger partial charge in [-0.05, 0) is 49.4 Å². The second-order valence-electron chi connectivity index (χ2n) is 32.8. The summed E-state index contributed by atoms with van der Waals surface area (Å²) in [7, 11) is -9.93. The van der Waals surface area contributed by atoms with Gasteiger partial charge in [0.05, 0.1) is 26.4 Å². The number of carbonyl (C=O) groups is 4. The molecular formula is C86H168O17P2. The number of phosphoric ester groups is 2. The maximum Gasteiger partial charge on any atom is 0.472 e. The van der Waals surface area contributed by atoms with Gasteiger partial charge in [-0.1, -0.05) is 396 Å². The van der Waals surface area contributed by atoms with E-state index in [0.717, 1.165) is 114 Å². The van der Waals surface area contributed by atoms with Crippen LogP contribution in [0.15, 0.2) is 0 Å². The molecule has 0 bridgehead atoms. The number of hydrogen-bond acceptors (Lipinski definition) is 15. The molecule has 0 aromatic carbocycles. The number of esters is 4. The van der Waals surface area contributed by atoms with E-state index in [1.54, 1.807) is 0 Å². The van der Waals surface area contributed by atoms with Crippen LogP contribution in [0.5, 0.6) is 0 Å². The predicted molar refractivity (Wildman–Crippen MR) is 432 cm³/mol. The fraction of sp³-hybridized carbons (Fsp3) is 0.953. The van der Waals surface area contributed by atoms with E-state index >= 15 is 0 Å². The van der Waals surface area contributed by atoms with E-state index in [1.807, 2.05) is 0 Å². The van der Waals surface area contributed by atoms with Crippen LogP contribution in [-0.4, -0.2) is 96.7 Å². The molecule has 3 N–H and O–H groups in total. The highest BCUT2D eigenvalue weighted by Crippen LogP contribution is 2.45. The Bertz CT molecular complexity index is 2040. The molecule has 0 fully saturated rings. The van der Waals surface area contributed by atoms with Crippen LogP contribution in [0.25, 0.3) is 0 Å². The molecule has 624 valence electrons. The molecule has 0 aromatic heterocycles. The number of hydrogen-bond donors (Lipinski definition) is 3. The van der Waals surface area contributed by atoms with Crippen molar-refractivity contribution in [2.75, 3.05) is 39.6 Å². The van der Waals surface area contributed by atoms with Crippen molar-refractivity contribution < 1.29 is 80.2 Å².